The molecule has 0 saturated carbocycles. The molecule has 16 heavy (non-hydrogen) atoms. The molecule has 1 aromatic rings. The molecule has 0 heterocycles. The number of thiocarbonyl (C=S) groups is 1. The lowest BCUT2D eigenvalue weighted by Crippen LogP contribution is -2.07. The average Bonchev–Trinajstić information content (AvgIpc) is 2.27. The largest absolute Gasteiger partial charge is 0.479 e. The molecule has 0 atom stereocenters. The van der Waals surface area contributed by atoms with Gasteiger partial charge in [0.15, 0.2) is 5.78 Å². The standard InChI is InChI=1S/C11H11IO2S2/c1-2-14-11(15)16-7-10(13)8-5-3-4-6-9(8)12/h3-6H,2,7H2,1H3. The molecule has 1 rings (SSSR count). The van der Waals surface area contributed by atoms with Gasteiger partial charge in [0, 0.05) is 9.13 Å². The summed E-state index contributed by atoms with van der Waals surface area (Å²) < 4.78 is 6.50. The van der Waals surface area contributed by atoms with Crippen LogP contribution in [0.3, 0.4) is 0 Å². The van der Waals surface area contributed by atoms with Gasteiger partial charge in [-0.25, -0.2) is 0 Å². The number of benzene rings is 1. The fourth-order valence-electron chi connectivity index (χ4n) is 1.05. The lowest BCUT2D eigenvalue weighted by atomic mass is 10.2. The van der Waals surface area contributed by atoms with Crippen LogP contribution in [0.25, 0.3) is 0 Å². The third-order valence-corrected chi connectivity index (χ3v) is 3.93. The maximum absolute atomic E-state index is 11.8. The van der Waals surface area contributed by atoms with Crippen molar-refractivity contribution in [1.29, 1.82) is 0 Å². The predicted molar refractivity (Wildman–Crippen MR) is 80.2 cm³/mol. The second-order valence-corrected chi connectivity index (χ2v) is 5.61. The van der Waals surface area contributed by atoms with E-state index < -0.39 is 0 Å². The zero-order chi connectivity index (χ0) is 12.0. The zero-order valence-electron chi connectivity index (χ0n) is 8.73. The van der Waals surface area contributed by atoms with Crippen LogP contribution in [-0.4, -0.2) is 22.5 Å². The molecule has 0 saturated heterocycles. The van der Waals surface area contributed by atoms with Crippen LogP contribution in [0.1, 0.15) is 17.3 Å². The molecule has 0 unspecified atom stereocenters. The molecule has 0 spiro atoms. The Labute approximate surface area is 118 Å². The van der Waals surface area contributed by atoms with Crippen LogP contribution in [0.4, 0.5) is 0 Å². The topological polar surface area (TPSA) is 26.3 Å². The van der Waals surface area contributed by atoms with Crippen molar-refractivity contribution < 1.29 is 9.53 Å². The van der Waals surface area contributed by atoms with Crippen LogP contribution in [0, 0.1) is 3.57 Å². The van der Waals surface area contributed by atoms with E-state index in [4.69, 9.17) is 17.0 Å². The monoisotopic (exact) mass is 366 g/mol. The van der Waals surface area contributed by atoms with Crippen LogP contribution in [0.2, 0.25) is 0 Å². The second kappa shape index (κ2) is 7.24. The molecular formula is C11H11IO2S2. The van der Waals surface area contributed by atoms with E-state index >= 15 is 0 Å². The van der Waals surface area contributed by atoms with Crippen LogP contribution in [0.15, 0.2) is 24.3 Å². The van der Waals surface area contributed by atoms with E-state index in [0.29, 0.717) is 16.7 Å². The van der Waals surface area contributed by atoms with Gasteiger partial charge in [0.2, 0.25) is 4.38 Å². The van der Waals surface area contributed by atoms with E-state index in [0.717, 1.165) is 9.13 Å². The number of ether oxygens (including phenoxy) is 1. The molecule has 2 nitrogen and oxygen atoms in total. The number of rotatable bonds is 4. The SMILES string of the molecule is CCOC(=S)SCC(=O)c1ccccc1I. The molecule has 0 aliphatic rings. The van der Waals surface area contributed by atoms with E-state index in [1.54, 1.807) is 0 Å². The first-order valence-corrected chi connectivity index (χ1v) is 7.19. The maximum Gasteiger partial charge on any atom is 0.220 e. The summed E-state index contributed by atoms with van der Waals surface area (Å²) in [6, 6.07) is 7.52. The van der Waals surface area contributed by atoms with Crippen molar-refractivity contribution in [2.45, 2.75) is 6.92 Å². The fourth-order valence-corrected chi connectivity index (χ4v) is 2.64. The average molecular weight is 366 g/mol. The van der Waals surface area contributed by atoms with Gasteiger partial charge in [-0.15, -0.1) is 0 Å². The van der Waals surface area contributed by atoms with Gasteiger partial charge in [0.1, 0.15) is 0 Å². The van der Waals surface area contributed by atoms with Crippen molar-refractivity contribution in [3.05, 3.63) is 33.4 Å². The first kappa shape index (κ1) is 13.9. The minimum absolute atomic E-state index is 0.0806. The van der Waals surface area contributed by atoms with Crippen molar-refractivity contribution in [1.82, 2.24) is 0 Å². The highest BCUT2D eigenvalue weighted by molar-refractivity contribution is 14.1. The molecular weight excluding hydrogens is 355 g/mol. The Morgan fingerprint density at radius 2 is 2.19 bits per heavy atom. The molecule has 0 fully saturated rings. The van der Waals surface area contributed by atoms with E-state index in [9.17, 15) is 4.79 Å². The third kappa shape index (κ3) is 4.39. The van der Waals surface area contributed by atoms with Gasteiger partial charge in [-0.1, -0.05) is 30.0 Å². The van der Waals surface area contributed by atoms with Gasteiger partial charge in [-0.3, -0.25) is 4.79 Å². The van der Waals surface area contributed by atoms with E-state index in [2.05, 4.69) is 22.6 Å². The summed E-state index contributed by atoms with van der Waals surface area (Å²) in [5, 5.41) is 0. The predicted octanol–water partition coefficient (Wildman–Crippen LogP) is 3.53. The quantitative estimate of drug-likeness (QED) is 0.463. The number of carbonyl (C=O) groups is 1. The van der Waals surface area contributed by atoms with Crippen molar-refractivity contribution in [3.8, 4) is 0 Å². The highest BCUT2D eigenvalue weighted by Gasteiger charge is 2.10. The number of ketones is 1. The summed E-state index contributed by atoms with van der Waals surface area (Å²) in [5.41, 5.74) is 0.745. The number of hydrogen-bond acceptors (Lipinski definition) is 4. The maximum atomic E-state index is 11.8. The van der Waals surface area contributed by atoms with Gasteiger partial charge in [-0.2, -0.15) is 0 Å². The summed E-state index contributed by atoms with van der Waals surface area (Å²) in [4.78, 5) is 11.8. The van der Waals surface area contributed by atoms with Gasteiger partial charge in [0.05, 0.1) is 12.4 Å². The van der Waals surface area contributed by atoms with Gasteiger partial charge in [-0.05, 0) is 47.8 Å². The number of hydrogen-bond donors (Lipinski definition) is 0. The minimum Gasteiger partial charge on any atom is -0.479 e. The third-order valence-electron chi connectivity index (χ3n) is 1.76. The van der Waals surface area contributed by atoms with Gasteiger partial charge in [0.25, 0.3) is 0 Å². The first-order valence-electron chi connectivity index (χ1n) is 4.72. The Morgan fingerprint density at radius 1 is 1.50 bits per heavy atom. The summed E-state index contributed by atoms with van der Waals surface area (Å²) in [5.74, 6) is 0.413. The zero-order valence-corrected chi connectivity index (χ0v) is 12.5. The summed E-state index contributed by atoms with van der Waals surface area (Å²) in [6.07, 6.45) is 0. The van der Waals surface area contributed by atoms with Crippen LogP contribution in [0.5, 0.6) is 0 Å². The fraction of sp³-hybridized carbons (Fsp3) is 0.273. The molecule has 0 aromatic heterocycles. The Bertz CT molecular complexity index is 393. The number of halogens is 1. The molecule has 0 amide bonds. The Hall–Kier alpha value is -0.140. The lowest BCUT2D eigenvalue weighted by Gasteiger charge is -2.05. The Kier molecular flexibility index (Phi) is 6.30. The molecule has 0 aliphatic carbocycles. The highest BCUT2D eigenvalue weighted by atomic mass is 127. The number of Topliss-reactive ketones (excluding diaryl/α,β-unsaturated/α-hetero) is 1. The highest BCUT2D eigenvalue weighted by Crippen LogP contribution is 2.15. The lowest BCUT2D eigenvalue weighted by molar-refractivity contribution is 0.102. The molecule has 0 radical (unpaired) electrons. The molecule has 0 bridgehead atoms. The van der Waals surface area contributed by atoms with E-state index in [1.165, 1.54) is 11.8 Å². The first-order chi connectivity index (χ1) is 7.65. The molecule has 5 heteroatoms. The van der Waals surface area contributed by atoms with Crippen LogP contribution < -0.4 is 0 Å². The van der Waals surface area contributed by atoms with Crippen molar-refractivity contribution in [3.63, 3.8) is 0 Å². The van der Waals surface area contributed by atoms with Crippen molar-refractivity contribution >= 4 is 56.7 Å². The van der Waals surface area contributed by atoms with E-state index in [-0.39, 0.29) is 5.78 Å². The molecule has 86 valence electrons. The van der Waals surface area contributed by atoms with Crippen LogP contribution >= 0.6 is 46.6 Å². The summed E-state index contributed by atoms with van der Waals surface area (Å²) in [6.45, 7) is 2.41. The van der Waals surface area contributed by atoms with Crippen LogP contribution in [-0.2, 0) is 4.74 Å². The minimum atomic E-state index is 0.0806. The molecule has 0 aliphatic heterocycles. The van der Waals surface area contributed by atoms with Gasteiger partial charge >= 0.3 is 0 Å². The normalized spacial score (nSPS) is 9.88. The molecule has 1 aromatic carbocycles. The second-order valence-electron chi connectivity index (χ2n) is 2.87. The Balaban J connectivity index is 2.54. The van der Waals surface area contributed by atoms with Crippen molar-refractivity contribution in [2.24, 2.45) is 0 Å². The number of thioether (sulfide) groups is 1. The van der Waals surface area contributed by atoms with Crippen molar-refractivity contribution in [2.75, 3.05) is 12.4 Å². The summed E-state index contributed by atoms with van der Waals surface area (Å²) >= 11 is 8.37. The smallest absolute Gasteiger partial charge is 0.220 e. The van der Waals surface area contributed by atoms with Gasteiger partial charge < -0.3 is 4.74 Å². The summed E-state index contributed by atoms with van der Waals surface area (Å²) in [7, 11) is 0. The van der Waals surface area contributed by atoms with E-state index in [1.807, 2.05) is 31.2 Å². The Morgan fingerprint density at radius 3 is 2.81 bits per heavy atom. The molecule has 0 N–H and O–H groups in total. The number of carbonyl (C=O) groups excluding carboxylic acids is 1.